The summed E-state index contributed by atoms with van der Waals surface area (Å²) < 4.78 is 21.3. The van der Waals surface area contributed by atoms with Gasteiger partial charge in [-0.2, -0.15) is 4.98 Å². The van der Waals surface area contributed by atoms with Gasteiger partial charge in [-0.15, -0.1) is 0 Å². The molecule has 1 aromatic heterocycles. The Labute approximate surface area is 126 Å². The SMILES string of the molecule is COc1cc(Oc2nc(Cl)ncc2N)cc(OC)c1OC. The van der Waals surface area contributed by atoms with Crippen LogP contribution in [0.15, 0.2) is 18.3 Å². The van der Waals surface area contributed by atoms with Gasteiger partial charge >= 0.3 is 0 Å². The number of ether oxygens (including phenoxy) is 4. The van der Waals surface area contributed by atoms with Gasteiger partial charge in [0.25, 0.3) is 0 Å². The minimum atomic E-state index is 0.0339. The predicted molar refractivity (Wildman–Crippen MR) is 77.6 cm³/mol. The van der Waals surface area contributed by atoms with Crippen LogP contribution >= 0.6 is 11.6 Å². The number of anilines is 1. The van der Waals surface area contributed by atoms with Crippen molar-refractivity contribution < 1.29 is 18.9 Å². The van der Waals surface area contributed by atoms with Crippen molar-refractivity contribution >= 4 is 17.3 Å². The number of hydrogen-bond donors (Lipinski definition) is 1. The number of hydrogen-bond acceptors (Lipinski definition) is 7. The maximum absolute atomic E-state index is 5.74. The van der Waals surface area contributed by atoms with Gasteiger partial charge in [0.05, 0.1) is 27.5 Å². The summed E-state index contributed by atoms with van der Waals surface area (Å²) in [5, 5.41) is 0.0339. The third kappa shape index (κ3) is 3.19. The van der Waals surface area contributed by atoms with Crippen LogP contribution in [0.5, 0.6) is 28.9 Å². The summed E-state index contributed by atoms with van der Waals surface area (Å²) in [5.74, 6) is 1.91. The highest BCUT2D eigenvalue weighted by Crippen LogP contribution is 2.42. The summed E-state index contributed by atoms with van der Waals surface area (Å²) >= 11 is 5.72. The second-order valence-corrected chi connectivity index (χ2v) is 4.20. The largest absolute Gasteiger partial charge is 0.493 e. The quantitative estimate of drug-likeness (QED) is 0.849. The molecule has 0 bridgehead atoms. The van der Waals surface area contributed by atoms with Crippen LogP contribution in [0.25, 0.3) is 0 Å². The highest BCUT2D eigenvalue weighted by Gasteiger charge is 2.15. The molecule has 2 N–H and O–H groups in total. The van der Waals surface area contributed by atoms with Crippen LogP contribution in [0.4, 0.5) is 5.69 Å². The lowest BCUT2D eigenvalue weighted by Crippen LogP contribution is -1.99. The van der Waals surface area contributed by atoms with Crippen molar-refractivity contribution in [2.45, 2.75) is 0 Å². The Kier molecular flexibility index (Phi) is 4.54. The molecule has 0 saturated heterocycles. The zero-order valence-corrected chi connectivity index (χ0v) is 12.5. The van der Waals surface area contributed by atoms with Gasteiger partial charge in [0.15, 0.2) is 11.5 Å². The second kappa shape index (κ2) is 6.36. The normalized spacial score (nSPS) is 10.1. The molecule has 0 atom stereocenters. The number of halogens is 1. The van der Waals surface area contributed by atoms with Gasteiger partial charge in [0, 0.05) is 12.1 Å². The molecular weight excluding hydrogens is 298 g/mol. The Hall–Kier alpha value is -2.41. The third-order valence-electron chi connectivity index (χ3n) is 2.60. The predicted octanol–water partition coefficient (Wildman–Crippen LogP) is 2.53. The molecule has 0 aliphatic carbocycles. The summed E-state index contributed by atoms with van der Waals surface area (Å²) in [4.78, 5) is 7.67. The molecule has 0 aliphatic rings. The molecule has 2 aromatic rings. The first-order chi connectivity index (χ1) is 10.1. The van der Waals surface area contributed by atoms with Crippen LogP contribution in [0.1, 0.15) is 0 Å². The van der Waals surface area contributed by atoms with Crippen molar-refractivity contribution in [1.82, 2.24) is 9.97 Å². The van der Waals surface area contributed by atoms with Gasteiger partial charge in [-0.3, -0.25) is 0 Å². The first kappa shape index (κ1) is 15.0. The van der Waals surface area contributed by atoms with Gasteiger partial charge < -0.3 is 24.7 Å². The van der Waals surface area contributed by atoms with E-state index in [0.29, 0.717) is 23.0 Å². The molecule has 0 spiro atoms. The summed E-state index contributed by atoms with van der Waals surface area (Å²) in [7, 11) is 4.54. The van der Waals surface area contributed by atoms with E-state index in [-0.39, 0.29) is 16.9 Å². The van der Waals surface area contributed by atoms with E-state index in [1.165, 1.54) is 27.5 Å². The fourth-order valence-corrected chi connectivity index (χ4v) is 1.79. The number of methoxy groups -OCH3 is 3. The van der Waals surface area contributed by atoms with Crippen LogP contribution in [0, 0.1) is 0 Å². The van der Waals surface area contributed by atoms with Crippen LogP contribution in [0.2, 0.25) is 5.28 Å². The maximum atomic E-state index is 5.74. The number of nitrogen functional groups attached to an aromatic ring is 1. The van der Waals surface area contributed by atoms with Gasteiger partial charge in [0.1, 0.15) is 11.4 Å². The average molecular weight is 312 g/mol. The highest BCUT2D eigenvalue weighted by atomic mass is 35.5. The minimum Gasteiger partial charge on any atom is -0.493 e. The van der Waals surface area contributed by atoms with Gasteiger partial charge in [0.2, 0.25) is 16.9 Å². The molecule has 1 heterocycles. The Morgan fingerprint density at radius 3 is 2.19 bits per heavy atom. The van der Waals surface area contributed by atoms with Crippen molar-refractivity contribution in [2.75, 3.05) is 27.1 Å². The smallest absolute Gasteiger partial charge is 0.247 e. The van der Waals surface area contributed by atoms with Crippen molar-refractivity contribution in [3.8, 4) is 28.9 Å². The Balaban J connectivity index is 2.42. The number of benzene rings is 1. The highest BCUT2D eigenvalue weighted by molar-refractivity contribution is 6.28. The molecule has 1 aromatic carbocycles. The lowest BCUT2D eigenvalue weighted by atomic mass is 10.2. The Morgan fingerprint density at radius 2 is 1.67 bits per heavy atom. The molecule has 0 amide bonds. The molecule has 8 heteroatoms. The molecular formula is C13H14ClN3O4. The summed E-state index contributed by atoms with van der Waals surface area (Å²) in [5.41, 5.74) is 6.00. The van der Waals surface area contributed by atoms with E-state index in [9.17, 15) is 0 Å². The van der Waals surface area contributed by atoms with E-state index in [4.69, 9.17) is 36.3 Å². The van der Waals surface area contributed by atoms with Crippen LogP contribution in [0.3, 0.4) is 0 Å². The van der Waals surface area contributed by atoms with E-state index >= 15 is 0 Å². The van der Waals surface area contributed by atoms with Crippen LogP contribution in [-0.4, -0.2) is 31.3 Å². The fourth-order valence-electron chi connectivity index (χ4n) is 1.66. The molecule has 21 heavy (non-hydrogen) atoms. The van der Waals surface area contributed by atoms with Crippen LogP contribution in [-0.2, 0) is 0 Å². The van der Waals surface area contributed by atoms with Gasteiger partial charge in [-0.1, -0.05) is 0 Å². The lowest BCUT2D eigenvalue weighted by Gasteiger charge is -2.14. The number of nitrogens with zero attached hydrogens (tertiary/aromatic N) is 2. The van der Waals surface area contributed by atoms with Crippen LogP contribution < -0.4 is 24.7 Å². The summed E-state index contributed by atoms with van der Waals surface area (Å²) in [6.45, 7) is 0. The van der Waals surface area contributed by atoms with Gasteiger partial charge in [-0.05, 0) is 11.6 Å². The molecule has 7 nitrogen and oxygen atoms in total. The molecule has 0 saturated carbocycles. The first-order valence-electron chi connectivity index (χ1n) is 5.85. The van der Waals surface area contributed by atoms with E-state index in [1.807, 2.05) is 0 Å². The van der Waals surface area contributed by atoms with Crippen molar-refractivity contribution in [3.05, 3.63) is 23.6 Å². The summed E-state index contributed by atoms with van der Waals surface area (Å²) in [6, 6.07) is 3.24. The van der Waals surface area contributed by atoms with E-state index in [0.717, 1.165) is 0 Å². The van der Waals surface area contributed by atoms with E-state index in [1.54, 1.807) is 12.1 Å². The van der Waals surface area contributed by atoms with E-state index in [2.05, 4.69) is 9.97 Å². The van der Waals surface area contributed by atoms with E-state index < -0.39 is 0 Å². The lowest BCUT2D eigenvalue weighted by molar-refractivity contribution is 0.320. The van der Waals surface area contributed by atoms with Crippen molar-refractivity contribution in [3.63, 3.8) is 0 Å². The van der Waals surface area contributed by atoms with Crippen molar-refractivity contribution in [2.24, 2.45) is 0 Å². The number of rotatable bonds is 5. The van der Waals surface area contributed by atoms with Gasteiger partial charge in [-0.25, -0.2) is 4.98 Å². The topological polar surface area (TPSA) is 88.7 Å². The molecule has 112 valence electrons. The Morgan fingerprint density at radius 1 is 1.05 bits per heavy atom. The average Bonchev–Trinajstić information content (AvgIpc) is 2.49. The fraction of sp³-hybridized carbons (Fsp3) is 0.231. The standard InChI is InChI=1S/C13H14ClN3O4/c1-18-9-4-7(5-10(19-2)11(9)20-3)21-12-8(15)6-16-13(14)17-12/h4-6H,15H2,1-3H3. The molecule has 0 radical (unpaired) electrons. The second-order valence-electron chi connectivity index (χ2n) is 3.86. The molecule has 0 aliphatic heterocycles. The zero-order valence-electron chi connectivity index (χ0n) is 11.7. The molecule has 2 rings (SSSR count). The Bertz CT molecular complexity index is 626. The minimum absolute atomic E-state index is 0.0339. The first-order valence-corrected chi connectivity index (χ1v) is 6.22. The summed E-state index contributed by atoms with van der Waals surface area (Å²) in [6.07, 6.45) is 1.36. The number of aromatic nitrogens is 2. The molecule has 0 fully saturated rings. The monoisotopic (exact) mass is 311 g/mol. The third-order valence-corrected chi connectivity index (χ3v) is 2.79. The zero-order chi connectivity index (χ0) is 15.4. The number of nitrogens with two attached hydrogens (primary N) is 1. The maximum Gasteiger partial charge on any atom is 0.247 e. The molecule has 0 unspecified atom stereocenters. The van der Waals surface area contributed by atoms with Crippen molar-refractivity contribution in [1.29, 1.82) is 0 Å².